The Balaban J connectivity index is 2.21. The quantitative estimate of drug-likeness (QED) is 0.699. The summed E-state index contributed by atoms with van der Waals surface area (Å²) in [4.78, 5) is 0.155. The molecule has 8 heteroatoms. The highest BCUT2D eigenvalue weighted by Crippen LogP contribution is 2.31. The highest BCUT2D eigenvalue weighted by Gasteiger charge is 2.36. The number of aryl methyl sites for hydroxylation is 1. The summed E-state index contributed by atoms with van der Waals surface area (Å²) in [6, 6.07) is 5.17. The third kappa shape index (κ3) is 4.58. The molecule has 1 aliphatic rings. The monoisotopic (exact) mass is 403 g/mol. The first-order valence-electron chi connectivity index (χ1n) is 9.00. The predicted octanol–water partition coefficient (Wildman–Crippen LogP) is 2.48. The predicted molar refractivity (Wildman–Crippen MR) is 103 cm³/mol. The SMILES string of the molecule is CCc1ccc(OC)c(S(=O)(=O)N2CCC(S(=O)(=O)CC(C)C)CC2)c1. The van der Waals surface area contributed by atoms with Crippen LogP contribution in [0.25, 0.3) is 0 Å². The van der Waals surface area contributed by atoms with Crippen LogP contribution in [0.3, 0.4) is 0 Å². The van der Waals surface area contributed by atoms with E-state index < -0.39 is 25.1 Å². The number of rotatable bonds is 7. The third-order valence-corrected chi connectivity index (χ3v) is 9.27. The van der Waals surface area contributed by atoms with Crippen molar-refractivity contribution in [2.45, 2.75) is 50.2 Å². The Labute approximate surface area is 157 Å². The molecule has 0 aromatic heterocycles. The molecular weight excluding hydrogens is 374 g/mol. The molecule has 0 unspecified atom stereocenters. The van der Waals surface area contributed by atoms with Crippen LogP contribution in [0.5, 0.6) is 5.75 Å². The summed E-state index contributed by atoms with van der Waals surface area (Å²) < 4.78 is 57.6. The molecule has 1 aliphatic heterocycles. The van der Waals surface area contributed by atoms with Crippen molar-refractivity contribution < 1.29 is 21.6 Å². The van der Waals surface area contributed by atoms with Crippen molar-refractivity contribution in [3.8, 4) is 5.75 Å². The molecule has 148 valence electrons. The minimum atomic E-state index is -3.72. The van der Waals surface area contributed by atoms with E-state index in [1.807, 2.05) is 26.8 Å². The summed E-state index contributed by atoms with van der Waals surface area (Å²) >= 11 is 0. The first kappa shape index (κ1) is 21.2. The molecule has 0 amide bonds. The summed E-state index contributed by atoms with van der Waals surface area (Å²) in [5.41, 5.74) is 0.916. The van der Waals surface area contributed by atoms with Gasteiger partial charge >= 0.3 is 0 Å². The fraction of sp³-hybridized carbons (Fsp3) is 0.667. The zero-order valence-corrected chi connectivity index (χ0v) is 17.6. The molecular formula is C18H29NO5S2. The molecule has 1 aromatic carbocycles. The molecule has 1 saturated heterocycles. The Morgan fingerprint density at radius 1 is 1.15 bits per heavy atom. The lowest BCUT2D eigenvalue weighted by Gasteiger charge is -2.31. The maximum absolute atomic E-state index is 13.1. The number of ether oxygens (including phenoxy) is 1. The first-order valence-corrected chi connectivity index (χ1v) is 12.2. The van der Waals surface area contributed by atoms with Gasteiger partial charge in [0.25, 0.3) is 0 Å². The number of hydrogen-bond donors (Lipinski definition) is 0. The van der Waals surface area contributed by atoms with E-state index >= 15 is 0 Å². The summed E-state index contributed by atoms with van der Waals surface area (Å²) in [6.07, 6.45) is 1.40. The van der Waals surface area contributed by atoms with Gasteiger partial charge in [0, 0.05) is 13.1 Å². The van der Waals surface area contributed by atoms with Crippen molar-refractivity contribution in [3.05, 3.63) is 23.8 Å². The second kappa shape index (κ2) is 8.27. The number of benzene rings is 1. The van der Waals surface area contributed by atoms with Crippen LogP contribution in [0.4, 0.5) is 0 Å². The average Bonchev–Trinajstić information content (AvgIpc) is 2.60. The summed E-state index contributed by atoms with van der Waals surface area (Å²) in [5, 5.41) is -0.458. The smallest absolute Gasteiger partial charge is 0.246 e. The Morgan fingerprint density at radius 2 is 1.77 bits per heavy atom. The third-order valence-electron chi connectivity index (χ3n) is 4.73. The molecule has 0 N–H and O–H groups in total. The van der Waals surface area contributed by atoms with Gasteiger partial charge in [-0.2, -0.15) is 4.31 Å². The summed E-state index contributed by atoms with van der Waals surface area (Å²) in [5.74, 6) is 0.538. The van der Waals surface area contributed by atoms with Crippen LogP contribution in [0.2, 0.25) is 0 Å². The number of hydrogen-bond acceptors (Lipinski definition) is 5. The van der Waals surface area contributed by atoms with Gasteiger partial charge in [-0.25, -0.2) is 16.8 Å². The highest BCUT2D eigenvalue weighted by molar-refractivity contribution is 7.92. The molecule has 0 saturated carbocycles. The van der Waals surface area contributed by atoms with E-state index in [9.17, 15) is 16.8 Å². The lowest BCUT2D eigenvalue weighted by Crippen LogP contribution is -2.43. The molecule has 2 rings (SSSR count). The zero-order valence-electron chi connectivity index (χ0n) is 15.9. The molecule has 0 aliphatic carbocycles. The van der Waals surface area contributed by atoms with Crippen molar-refractivity contribution >= 4 is 19.9 Å². The minimum Gasteiger partial charge on any atom is -0.495 e. The van der Waals surface area contributed by atoms with Gasteiger partial charge < -0.3 is 4.74 Å². The molecule has 1 heterocycles. The van der Waals surface area contributed by atoms with Crippen LogP contribution in [-0.2, 0) is 26.3 Å². The van der Waals surface area contributed by atoms with Crippen molar-refractivity contribution in [1.82, 2.24) is 4.31 Å². The fourth-order valence-corrected chi connectivity index (χ4v) is 7.12. The van der Waals surface area contributed by atoms with E-state index in [1.165, 1.54) is 11.4 Å². The van der Waals surface area contributed by atoms with Crippen LogP contribution in [0.1, 0.15) is 39.2 Å². The Kier molecular flexibility index (Phi) is 6.74. The van der Waals surface area contributed by atoms with E-state index in [4.69, 9.17) is 4.74 Å². The molecule has 6 nitrogen and oxygen atoms in total. The normalized spacial score (nSPS) is 17.6. The second-order valence-electron chi connectivity index (χ2n) is 7.17. The van der Waals surface area contributed by atoms with E-state index in [0.29, 0.717) is 18.6 Å². The maximum Gasteiger partial charge on any atom is 0.246 e. The zero-order chi connectivity index (χ0) is 19.5. The van der Waals surface area contributed by atoms with Crippen molar-refractivity contribution in [2.75, 3.05) is 26.0 Å². The van der Waals surface area contributed by atoms with Gasteiger partial charge in [0.1, 0.15) is 10.6 Å². The van der Waals surface area contributed by atoms with Gasteiger partial charge in [-0.15, -0.1) is 0 Å². The van der Waals surface area contributed by atoms with Gasteiger partial charge in [-0.1, -0.05) is 26.8 Å². The van der Waals surface area contributed by atoms with Gasteiger partial charge in [-0.05, 0) is 42.9 Å². The van der Waals surface area contributed by atoms with Crippen LogP contribution >= 0.6 is 0 Å². The molecule has 0 spiro atoms. The number of piperidine rings is 1. The van der Waals surface area contributed by atoms with Crippen molar-refractivity contribution in [3.63, 3.8) is 0 Å². The van der Waals surface area contributed by atoms with Crippen LogP contribution in [0.15, 0.2) is 23.1 Å². The standard InChI is InChI=1S/C18H29NO5S2/c1-5-15-6-7-17(24-4)18(12-15)26(22,23)19-10-8-16(9-11-19)25(20,21)13-14(2)3/h6-7,12,14,16H,5,8-11,13H2,1-4H3. The molecule has 0 bridgehead atoms. The Morgan fingerprint density at radius 3 is 2.27 bits per heavy atom. The van der Waals surface area contributed by atoms with Crippen LogP contribution in [0, 0.1) is 5.92 Å². The van der Waals surface area contributed by atoms with E-state index in [-0.39, 0.29) is 29.7 Å². The topological polar surface area (TPSA) is 80.8 Å². The lowest BCUT2D eigenvalue weighted by molar-refractivity contribution is 0.341. The lowest BCUT2D eigenvalue weighted by atomic mass is 10.2. The van der Waals surface area contributed by atoms with E-state index in [0.717, 1.165) is 12.0 Å². The van der Waals surface area contributed by atoms with Gasteiger partial charge in [0.15, 0.2) is 9.84 Å². The number of sulfone groups is 1. The summed E-state index contributed by atoms with van der Waals surface area (Å²) in [6.45, 7) is 6.14. The van der Waals surface area contributed by atoms with Gasteiger partial charge in [0.05, 0.1) is 18.1 Å². The van der Waals surface area contributed by atoms with Crippen LogP contribution in [-0.4, -0.2) is 52.3 Å². The molecule has 1 aromatic rings. The molecule has 0 atom stereocenters. The fourth-order valence-electron chi connectivity index (χ4n) is 3.31. The van der Waals surface area contributed by atoms with Crippen LogP contribution < -0.4 is 4.74 Å². The van der Waals surface area contributed by atoms with Gasteiger partial charge in [0.2, 0.25) is 10.0 Å². The Hall–Kier alpha value is -1.12. The average molecular weight is 404 g/mol. The molecule has 0 radical (unpaired) electrons. The molecule has 1 fully saturated rings. The second-order valence-corrected chi connectivity index (χ2v) is 11.4. The van der Waals surface area contributed by atoms with Crippen molar-refractivity contribution in [2.24, 2.45) is 5.92 Å². The van der Waals surface area contributed by atoms with E-state index in [2.05, 4.69) is 0 Å². The number of sulfonamides is 1. The molecule has 26 heavy (non-hydrogen) atoms. The maximum atomic E-state index is 13.1. The van der Waals surface area contributed by atoms with Gasteiger partial charge in [-0.3, -0.25) is 0 Å². The largest absolute Gasteiger partial charge is 0.495 e. The van der Waals surface area contributed by atoms with E-state index in [1.54, 1.807) is 12.1 Å². The highest BCUT2D eigenvalue weighted by atomic mass is 32.2. The number of nitrogens with zero attached hydrogens (tertiary/aromatic N) is 1. The number of methoxy groups -OCH3 is 1. The first-order chi connectivity index (χ1) is 12.1. The minimum absolute atomic E-state index is 0.0720. The van der Waals surface area contributed by atoms with Crippen molar-refractivity contribution in [1.29, 1.82) is 0 Å². The summed E-state index contributed by atoms with van der Waals surface area (Å²) in [7, 11) is -5.45. The Bertz CT molecular complexity index is 823.